The molecule has 0 spiro atoms. The normalized spacial score (nSPS) is 24.9. The van der Waals surface area contributed by atoms with Crippen LogP contribution in [0.3, 0.4) is 0 Å². The fourth-order valence-corrected chi connectivity index (χ4v) is 4.44. The molecule has 1 aromatic heterocycles. The first-order chi connectivity index (χ1) is 17.1. The van der Waals surface area contributed by atoms with Crippen LogP contribution in [0.2, 0.25) is 0 Å². The molecule has 0 bridgehead atoms. The first-order valence-corrected chi connectivity index (χ1v) is 11.4. The first kappa shape index (κ1) is 25.5. The number of amides is 1. The van der Waals surface area contributed by atoms with Crippen LogP contribution in [0.4, 0.5) is 0 Å². The van der Waals surface area contributed by atoms with Crippen molar-refractivity contribution in [3.05, 3.63) is 59.8 Å². The molecular weight excluding hydrogens is 472 g/mol. The number of carbonyl (C=O) groups is 2. The molecule has 1 amide bonds. The van der Waals surface area contributed by atoms with E-state index in [2.05, 4.69) is 0 Å². The van der Waals surface area contributed by atoms with Crippen molar-refractivity contribution in [2.24, 2.45) is 5.73 Å². The van der Waals surface area contributed by atoms with Crippen LogP contribution in [-0.4, -0.2) is 72.7 Å². The minimum absolute atomic E-state index is 0.0944. The number of aliphatic carboxylic acids is 1. The van der Waals surface area contributed by atoms with Crippen LogP contribution in [0.25, 0.3) is 10.9 Å². The second kappa shape index (κ2) is 10.2. The lowest BCUT2D eigenvalue weighted by atomic mass is 9.99. The number of carboxylic acid groups (broad SMARTS) is 1. The molecular formula is C25H28N2O9. The lowest BCUT2D eigenvalue weighted by Crippen LogP contribution is -2.61. The Balaban J connectivity index is 1.71. The number of ether oxygens (including phenoxy) is 2. The molecule has 1 aliphatic heterocycles. The van der Waals surface area contributed by atoms with Crippen molar-refractivity contribution in [3.8, 4) is 11.5 Å². The van der Waals surface area contributed by atoms with E-state index in [4.69, 9.17) is 15.2 Å². The summed E-state index contributed by atoms with van der Waals surface area (Å²) in [5, 5.41) is 50.7. The van der Waals surface area contributed by atoms with Crippen molar-refractivity contribution < 1.29 is 44.6 Å². The summed E-state index contributed by atoms with van der Waals surface area (Å²) in [5.41, 5.74) is 6.99. The molecule has 4 rings (SSSR count). The second-order valence-electron chi connectivity index (χ2n) is 8.85. The van der Waals surface area contributed by atoms with Gasteiger partial charge in [-0.2, -0.15) is 0 Å². The SMILES string of the molecule is C[C@H](CCc1ccccc1)n1ccc2cc(O)c(O[C@@H]3O[C@H](C(=O)O)[C@@H](O)[C@H](O)[C@H]3O)c(C(N)=O)c21. The second-order valence-corrected chi connectivity index (χ2v) is 8.85. The van der Waals surface area contributed by atoms with Crippen LogP contribution in [0.1, 0.15) is 35.3 Å². The molecule has 2 aromatic carbocycles. The number of phenolic OH excluding ortho intramolecular Hbond substituents is 1. The topological polar surface area (TPSA) is 185 Å². The van der Waals surface area contributed by atoms with Crippen LogP contribution >= 0.6 is 0 Å². The van der Waals surface area contributed by atoms with Gasteiger partial charge in [0.15, 0.2) is 17.6 Å². The third-order valence-corrected chi connectivity index (χ3v) is 6.40. The molecule has 7 N–H and O–H groups in total. The molecule has 1 fully saturated rings. The van der Waals surface area contributed by atoms with Crippen LogP contribution in [0, 0.1) is 0 Å². The maximum atomic E-state index is 12.6. The number of aliphatic hydroxyl groups excluding tert-OH is 3. The summed E-state index contributed by atoms with van der Waals surface area (Å²) >= 11 is 0. The molecule has 192 valence electrons. The number of aromatic nitrogens is 1. The number of rotatable bonds is 8. The Morgan fingerprint density at radius 3 is 2.44 bits per heavy atom. The van der Waals surface area contributed by atoms with Crippen LogP contribution < -0.4 is 10.5 Å². The third-order valence-electron chi connectivity index (χ3n) is 6.40. The van der Waals surface area contributed by atoms with E-state index in [1.807, 2.05) is 41.8 Å². The van der Waals surface area contributed by atoms with E-state index in [0.29, 0.717) is 10.9 Å². The van der Waals surface area contributed by atoms with Gasteiger partial charge in [-0.15, -0.1) is 0 Å². The zero-order chi connectivity index (χ0) is 26.1. The third kappa shape index (κ3) is 4.73. The molecule has 11 nitrogen and oxygen atoms in total. The van der Waals surface area contributed by atoms with Gasteiger partial charge < -0.3 is 45.3 Å². The van der Waals surface area contributed by atoms with Crippen molar-refractivity contribution in [1.29, 1.82) is 0 Å². The zero-order valence-corrected chi connectivity index (χ0v) is 19.4. The van der Waals surface area contributed by atoms with Crippen molar-refractivity contribution >= 4 is 22.8 Å². The maximum Gasteiger partial charge on any atom is 0.335 e. The standard InChI is InChI=1S/C25H28N2O9/c1-12(7-8-13-5-3-2-4-6-13)27-10-9-14-11-15(28)21(16(17(14)27)23(26)32)35-25-20(31)18(29)19(30)22(36-25)24(33)34/h2-6,9-12,18-20,22,25,28-31H,7-8H2,1H3,(H2,26,32)(H,33,34)/t12-,18+,19+,20-,22+,25-/m1/s1. The Labute approximate surface area is 205 Å². The summed E-state index contributed by atoms with van der Waals surface area (Å²) < 4.78 is 12.5. The number of primary amides is 1. The van der Waals surface area contributed by atoms with E-state index < -0.39 is 54.1 Å². The number of hydrogen-bond acceptors (Lipinski definition) is 8. The Morgan fingerprint density at radius 2 is 1.81 bits per heavy atom. The van der Waals surface area contributed by atoms with Gasteiger partial charge in [-0.25, -0.2) is 4.79 Å². The number of nitrogens with two attached hydrogens (primary N) is 1. The molecule has 11 heteroatoms. The molecule has 0 aliphatic carbocycles. The summed E-state index contributed by atoms with van der Waals surface area (Å²) in [6, 6.07) is 12.8. The van der Waals surface area contributed by atoms with Crippen LogP contribution in [0.5, 0.6) is 11.5 Å². The highest BCUT2D eigenvalue weighted by atomic mass is 16.7. The van der Waals surface area contributed by atoms with Crippen molar-refractivity contribution in [1.82, 2.24) is 4.57 Å². The minimum atomic E-state index is -1.92. The highest BCUT2D eigenvalue weighted by molar-refractivity contribution is 6.09. The van der Waals surface area contributed by atoms with Gasteiger partial charge >= 0.3 is 5.97 Å². The molecule has 0 saturated carbocycles. The summed E-state index contributed by atoms with van der Waals surface area (Å²) in [5.74, 6) is -3.49. The van der Waals surface area contributed by atoms with E-state index in [0.717, 1.165) is 18.4 Å². The molecule has 3 aromatic rings. The number of benzene rings is 2. The van der Waals surface area contributed by atoms with E-state index >= 15 is 0 Å². The number of hydrogen-bond donors (Lipinski definition) is 6. The molecule has 0 unspecified atom stereocenters. The van der Waals surface area contributed by atoms with Crippen molar-refractivity contribution in [2.45, 2.75) is 56.5 Å². The summed E-state index contributed by atoms with van der Waals surface area (Å²) in [7, 11) is 0. The smallest absolute Gasteiger partial charge is 0.335 e. The average molecular weight is 501 g/mol. The maximum absolute atomic E-state index is 12.6. The fourth-order valence-electron chi connectivity index (χ4n) is 4.44. The Hall–Kier alpha value is -3.64. The van der Waals surface area contributed by atoms with Crippen LogP contribution in [0.15, 0.2) is 48.7 Å². The van der Waals surface area contributed by atoms with E-state index in [1.54, 1.807) is 12.3 Å². The summed E-state index contributed by atoms with van der Waals surface area (Å²) in [4.78, 5) is 24.0. The number of aliphatic hydroxyl groups is 3. The van der Waals surface area contributed by atoms with Gasteiger partial charge in [-0.1, -0.05) is 30.3 Å². The minimum Gasteiger partial charge on any atom is -0.504 e. The molecule has 6 atom stereocenters. The number of phenols is 1. The summed E-state index contributed by atoms with van der Waals surface area (Å²) in [6.45, 7) is 1.96. The van der Waals surface area contributed by atoms with Gasteiger partial charge in [0, 0.05) is 17.6 Å². The van der Waals surface area contributed by atoms with Crippen molar-refractivity contribution in [3.63, 3.8) is 0 Å². The van der Waals surface area contributed by atoms with Crippen molar-refractivity contribution in [2.75, 3.05) is 0 Å². The predicted octanol–water partition coefficient (Wildman–Crippen LogP) is 0.911. The van der Waals surface area contributed by atoms with Gasteiger partial charge in [-0.05, 0) is 37.5 Å². The largest absolute Gasteiger partial charge is 0.504 e. The van der Waals surface area contributed by atoms with Gasteiger partial charge in [0.1, 0.15) is 23.9 Å². The predicted molar refractivity (Wildman–Crippen MR) is 127 cm³/mol. The highest BCUT2D eigenvalue weighted by Gasteiger charge is 2.48. The zero-order valence-electron chi connectivity index (χ0n) is 19.4. The number of carboxylic acids is 1. The number of aryl methyl sites for hydroxylation is 1. The number of fused-ring (bicyclic) bond motifs is 1. The lowest BCUT2D eigenvalue weighted by molar-refractivity contribution is -0.271. The molecule has 1 aliphatic rings. The number of carbonyl (C=O) groups excluding carboxylic acids is 1. The van der Waals surface area contributed by atoms with E-state index in [1.165, 1.54) is 6.07 Å². The van der Waals surface area contributed by atoms with Gasteiger partial charge in [0.2, 0.25) is 6.29 Å². The van der Waals surface area contributed by atoms with Gasteiger partial charge in [-0.3, -0.25) is 4.79 Å². The molecule has 1 saturated heterocycles. The lowest BCUT2D eigenvalue weighted by Gasteiger charge is -2.38. The van der Waals surface area contributed by atoms with E-state index in [9.17, 15) is 35.1 Å². The molecule has 2 heterocycles. The molecule has 0 radical (unpaired) electrons. The van der Waals surface area contributed by atoms with Gasteiger partial charge in [0.25, 0.3) is 5.91 Å². The highest BCUT2D eigenvalue weighted by Crippen LogP contribution is 2.40. The Bertz CT molecular complexity index is 1260. The number of aromatic hydroxyl groups is 1. The number of nitrogens with zero attached hydrogens (tertiary/aromatic N) is 1. The Morgan fingerprint density at radius 1 is 1.11 bits per heavy atom. The monoisotopic (exact) mass is 500 g/mol. The Kier molecular flexibility index (Phi) is 7.18. The van der Waals surface area contributed by atoms with Crippen LogP contribution in [-0.2, 0) is 16.0 Å². The summed E-state index contributed by atoms with van der Waals surface area (Å²) in [6.07, 6.45) is -6.23. The van der Waals surface area contributed by atoms with Gasteiger partial charge in [0.05, 0.1) is 5.52 Å². The quantitative estimate of drug-likeness (QED) is 0.262. The average Bonchev–Trinajstić information content (AvgIpc) is 3.26. The molecule has 36 heavy (non-hydrogen) atoms. The fraction of sp³-hybridized carbons (Fsp3) is 0.360. The van der Waals surface area contributed by atoms with E-state index in [-0.39, 0.29) is 11.6 Å². The first-order valence-electron chi connectivity index (χ1n) is 11.4.